The molecule has 1 heterocycles. The van der Waals surface area contributed by atoms with Gasteiger partial charge in [0.15, 0.2) is 0 Å². The van der Waals surface area contributed by atoms with Crippen LogP contribution in [0, 0.1) is 6.92 Å². The highest BCUT2D eigenvalue weighted by Crippen LogP contribution is 2.23. The van der Waals surface area contributed by atoms with E-state index < -0.39 is 0 Å². The third kappa shape index (κ3) is 3.33. The Morgan fingerprint density at radius 2 is 2.06 bits per heavy atom. The zero-order valence-corrected chi connectivity index (χ0v) is 11.0. The maximum Gasteiger partial charge on any atom is 0.122 e. The Morgan fingerprint density at radius 1 is 1.35 bits per heavy atom. The van der Waals surface area contributed by atoms with E-state index in [0.717, 1.165) is 18.1 Å². The highest BCUT2D eigenvalue weighted by molar-refractivity contribution is 5.09. The molecule has 3 nitrogen and oxygen atoms in total. The molecule has 0 aromatic carbocycles. The highest BCUT2D eigenvalue weighted by atomic mass is 16.3. The van der Waals surface area contributed by atoms with Gasteiger partial charge in [0.05, 0.1) is 6.04 Å². The summed E-state index contributed by atoms with van der Waals surface area (Å²) in [7, 11) is 2.19. The minimum absolute atomic E-state index is 0.00405. The summed E-state index contributed by atoms with van der Waals surface area (Å²) in [4.78, 5) is 2.40. The van der Waals surface area contributed by atoms with Gasteiger partial charge in [-0.1, -0.05) is 19.3 Å². The lowest BCUT2D eigenvalue weighted by molar-refractivity contribution is 0.177. The van der Waals surface area contributed by atoms with Gasteiger partial charge in [0.2, 0.25) is 0 Å². The highest BCUT2D eigenvalue weighted by Gasteiger charge is 2.21. The molecule has 96 valence electrons. The van der Waals surface area contributed by atoms with E-state index in [1.807, 2.05) is 19.1 Å². The summed E-state index contributed by atoms with van der Waals surface area (Å²) in [5.74, 6) is 1.85. The molecule has 1 aromatic heterocycles. The molecular weight excluding hydrogens is 212 g/mol. The van der Waals surface area contributed by atoms with Crippen LogP contribution in [0.4, 0.5) is 0 Å². The molecule has 1 aromatic rings. The van der Waals surface area contributed by atoms with Crippen molar-refractivity contribution in [3.05, 3.63) is 23.7 Å². The van der Waals surface area contributed by atoms with Gasteiger partial charge >= 0.3 is 0 Å². The fraction of sp³-hybridized carbons (Fsp3) is 0.714. The Balaban J connectivity index is 1.87. The molecule has 2 N–H and O–H groups in total. The maximum absolute atomic E-state index is 6.18. The fourth-order valence-corrected chi connectivity index (χ4v) is 2.72. The van der Waals surface area contributed by atoms with Crippen molar-refractivity contribution in [2.24, 2.45) is 5.73 Å². The van der Waals surface area contributed by atoms with Gasteiger partial charge in [-0.2, -0.15) is 0 Å². The zero-order valence-electron chi connectivity index (χ0n) is 11.0. The molecule has 1 unspecified atom stereocenters. The smallest absolute Gasteiger partial charge is 0.122 e. The lowest BCUT2D eigenvalue weighted by Gasteiger charge is -2.32. The van der Waals surface area contributed by atoms with Crippen molar-refractivity contribution in [3.8, 4) is 0 Å². The number of likely N-dealkylation sites (N-methyl/N-ethyl adjacent to an activating group) is 1. The van der Waals surface area contributed by atoms with Crippen molar-refractivity contribution in [1.82, 2.24) is 4.90 Å². The monoisotopic (exact) mass is 236 g/mol. The van der Waals surface area contributed by atoms with Crippen molar-refractivity contribution in [3.63, 3.8) is 0 Å². The van der Waals surface area contributed by atoms with Crippen LogP contribution in [0.15, 0.2) is 16.5 Å². The normalized spacial score (nSPS) is 19.8. The Hall–Kier alpha value is -0.800. The van der Waals surface area contributed by atoms with Gasteiger partial charge in [0.1, 0.15) is 11.5 Å². The Morgan fingerprint density at radius 3 is 2.65 bits per heavy atom. The zero-order chi connectivity index (χ0) is 12.3. The van der Waals surface area contributed by atoms with Crippen LogP contribution in [0.2, 0.25) is 0 Å². The van der Waals surface area contributed by atoms with E-state index >= 15 is 0 Å². The minimum atomic E-state index is -0.00405. The van der Waals surface area contributed by atoms with Gasteiger partial charge in [-0.15, -0.1) is 0 Å². The van der Waals surface area contributed by atoms with Crippen molar-refractivity contribution in [2.45, 2.75) is 51.1 Å². The Kier molecular flexibility index (Phi) is 4.24. The molecule has 3 heteroatoms. The van der Waals surface area contributed by atoms with Gasteiger partial charge in [-0.05, 0) is 38.9 Å². The molecule has 1 atom stereocenters. The number of hydrogen-bond acceptors (Lipinski definition) is 3. The Labute approximate surface area is 104 Å². The van der Waals surface area contributed by atoms with Crippen LogP contribution in [0.25, 0.3) is 0 Å². The van der Waals surface area contributed by atoms with E-state index in [1.165, 1.54) is 32.1 Å². The number of nitrogens with zero attached hydrogens (tertiary/aromatic N) is 1. The first-order chi connectivity index (χ1) is 8.16. The molecule has 0 aliphatic heterocycles. The summed E-state index contributed by atoms with van der Waals surface area (Å²) >= 11 is 0. The molecule has 0 bridgehead atoms. The number of nitrogens with two attached hydrogens (primary N) is 1. The second-order valence-corrected chi connectivity index (χ2v) is 5.29. The van der Waals surface area contributed by atoms with Gasteiger partial charge in [-0.3, -0.25) is 0 Å². The average molecular weight is 236 g/mol. The summed E-state index contributed by atoms with van der Waals surface area (Å²) in [5.41, 5.74) is 6.18. The maximum atomic E-state index is 6.18. The summed E-state index contributed by atoms with van der Waals surface area (Å²) in [6.07, 6.45) is 6.77. The van der Waals surface area contributed by atoms with E-state index in [1.54, 1.807) is 0 Å². The molecule has 1 fully saturated rings. The van der Waals surface area contributed by atoms with Crippen molar-refractivity contribution in [2.75, 3.05) is 13.6 Å². The first-order valence-electron chi connectivity index (χ1n) is 6.69. The topological polar surface area (TPSA) is 42.4 Å². The van der Waals surface area contributed by atoms with E-state index in [2.05, 4.69) is 11.9 Å². The predicted molar refractivity (Wildman–Crippen MR) is 69.9 cm³/mol. The quantitative estimate of drug-likeness (QED) is 0.874. The van der Waals surface area contributed by atoms with Crippen molar-refractivity contribution in [1.29, 1.82) is 0 Å². The molecule has 1 saturated carbocycles. The molecular formula is C14H24N2O. The Bertz CT molecular complexity index is 342. The molecule has 1 aliphatic rings. The van der Waals surface area contributed by atoms with Crippen LogP contribution >= 0.6 is 0 Å². The van der Waals surface area contributed by atoms with Gasteiger partial charge in [0.25, 0.3) is 0 Å². The number of furan rings is 1. The number of aryl methyl sites for hydroxylation is 1. The van der Waals surface area contributed by atoms with Crippen LogP contribution in [0.1, 0.15) is 49.7 Å². The second-order valence-electron chi connectivity index (χ2n) is 5.29. The van der Waals surface area contributed by atoms with Gasteiger partial charge in [-0.25, -0.2) is 0 Å². The molecule has 17 heavy (non-hydrogen) atoms. The van der Waals surface area contributed by atoms with Crippen LogP contribution in [-0.2, 0) is 0 Å². The van der Waals surface area contributed by atoms with E-state index in [-0.39, 0.29) is 6.04 Å². The van der Waals surface area contributed by atoms with Crippen LogP contribution in [-0.4, -0.2) is 24.5 Å². The average Bonchev–Trinajstić information content (AvgIpc) is 2.77. The molecule has 0 amide bonds. The standard InChI is InChI=1S/C14H24N2O/c1-11-8-9-14(17-11)13(15)10-16(2)12-6-4-3-5-7-12/h8-9,12-13H,3-7,10,15H2,1-2H3. The van der Waals surface area contributed by atoms with Gasteiger partial charge < -0.3 is 15.1 Å². The molecule has 0 radical (unpaired) electrons. The van der Waals surface area contributed by atoms with E-state index in [4.69, 9.17) is 10.2 Å². The largest absolute Gasteiger partial charge is 0.465 e. The first kappa shape index (κ1) is 12.7. The fourth-order valence-electron chi connectivity index (χ4n) is 2.72. The third-order valence-electron chi connectivity index (χ3n) is 3.81. The number of rotatable bonds is 4. The van der Waals surface area contributed by atoms with Crippen molar-refractivity contribution < 1.29 is 4.42 Å². The lowest BCUT2D eigenvalue weighted by atomic mass is 9.94. The summed E-state index contributed by atoms with van der Waals surface area (Å²) in [6, 6.07) is 4.69. The van der Waals surface area contributed by atoms with E-state index in [9.17, 15) is 0 Å². The van der Waals surface area contributed by atoms with Gasteiger partial charge in [0, 0.05) is 12.6 Å². The van der Waals surface area contributed by atoms with Crippen molar-refractivity contribution >= 4 is 0 Å². The SMILES string of the molecule is Cc1ccc(C(N)CN(C)C2CCCCC2)o1. The second kappa shape index (κ2) is 5.69. The summed E-state index contributed by atoms with van der Waals surface area (Å²) < 4.78 is 5.58. The summed E-state index contributed by atoms with van der Waals surface area (Å²) in [6.45, 7) is 2.85. The minimum Gasteiger partial charge on any atom is -0.465 e. The van der Waals surface area contributed by atoms with Crippen LogP contribution in [0.5, 0.6) is 0 Å². The molecule has 0 spiro atoms. The summed E-state index contributed by atoms with van der Waals surface area (Å²) in [5, 5.41) is 0. The van der Waals surface area contributed by atoms with E-state index in [0.29, 0.717) is 6.04 Å². The third-order valence-corrected chi connectivity index (χ3v) is 3.81. The van der Waals surface area contributed by atoms with Crippen LogP contribution in [0.3, 0.4) is 0 Å². The first-order valence-corrected chi connectivity index (χ1v) is 6.69. The predicted octanol–water partition coefficient (Wildman–Crippen LogP) is 2.85. The molecule has 0 saturated heterocycles. The van der Waals surface area contributed by atoms with Crippen LogP contribution < -0.4 is 5.73 Å². The molecule has 1 aliphatic carbocycles. The number of hydrogen-bond donors (Lipinski definition) is 1. The lowest BCUT2D eigenvalue weighted by Crippen LogP contribution is -2.38. The molecule has 2 rings (SSSR count).